The summed E-state index contributed by atoms with van der Waals surface area (Å²) >= 11 is 0. The molecule has 2 saturated carbocycles. The Bertz CT molecular complexity index is 1330. The minimum absolute atomic E-state index is 0.0810. The van der Waals surface area contributed by atoms with E-state index in [-0.39, 0.29) is 12.1 Å². The first kappa shape index (κ1) is 23.7. The van der Waals surface area contributed by atoms with Gasteiger partial charge in [-0.05, 0) is 81.7 Å². The number of hydrogen-bond acceptors (Lipinski definition) is 5. The minimum Gasteiger partial charge on any atom is -0.446 e. The zero-order valence-electron chi connectivity index (χ0n) is 20.5. The van der Waals surface area contributed by atoms with Gasteiger partial charge in [0.25, 0.3) is 0 Å². The van der Waals surface area contributed by atoms with E-state index in [4.69, 9.17) is 9.47 Å². The molecule has 0 unspecified atom stereocenters. The number of fused-ring (bicyclic) bond motifs is 1. The highest BCUT2D eigenvalue weighted by Crippen LogP contribution is 2.43. The lowest BCUT2D eigenvalue weighted by molar-refractivity contribution is 0.108. The lowest BCUT2D eigenvalue weighted by Gasteiger charge is -2.30. The molecule has 3 aromatic rings. The average molecular weight is 487 g/mol. The fraction of sp³-hybridized carbons (Fsp3) is 0.393. The predicted octanol–water partition coefficient (Wildman–Crippen LogP) is 6.36. The first-order valence-electron chi connectivity index (χ1n) is 12.6. The Morgan fingerprint density at radius 2 is 1.86 bits per heavy atom. The summed E-state index contributed by atoms with van der Waals surface area (Å²) in [5, 5.41) is 16.4. The van der Waals surface area contributed by atoms with Gasteiger partial charge in [0.1, 0.15) is 17.9 Å². The summed E-state index contributed by atoms with van der Waals surface area (Å²) < 4.78 is 13.1. The van der Waals surface area contributed by atoms with Gasteiger partial charge in [0.2, 0.25) is 0 Å². The quantitative estimate of drug-likeness (QED) is 0.404. The molecule has 8 nitrogen and oxygen atoms in total. The molecule has 5 rings (SSSR count). The van der Waals surface area contributed by atoms with Crippen molar-refractivity contribution in [2.24, 2.45) is 5.92 Å². The number of amides is 2. The van der Waals surface area contributed by atoms with Crippen LogP contribution in [0.5, 0.6) is 5.75 Å². The summed E-state index contributed by atoms with van der Waals surface area (Å²) in [6.07, 6.45) is 4.35. The van der Waals surface area contributed by atoms with Crippen LogP contribution in [-0.2, 0) is 4.74 Å². The van der Waals surface area contributed by atoms with Crippen molar-refractivity contribution in [3.63, 3.8) is 0 Å². The molecule has 0 spiro atoms. The van der Waals surface area contributed by atoms with Crippen molar-refractivity contribution in [1.29, 1.82) is 5.26 Å². The molecular weight excluding hydrogens is 456 g/mol. The zero-order chi connectivity index (χ0) is 25.2. The molecule has 2 aliphatic rings. The van der Waals surface area contributed by atoms with Crippen LogP contribution in [0.3, 0.4) is 0 Å². The van der Waals surface area contributed by atoms with Gasteiger partial charge in [0.05, 0.1) is 16.8 Å². The summed E-state index contributed by atoms with van der Waals surface area (Å²) in [6.45, 7) is 4.23. The molecule has 2 aliphatic carbocycles. The van der Waals surface area contributed by atoms with Gasteiger partial charge in [0, 0.05) is 29.7 Å². The molecule has 2 amide bonds. The fourth-order valence-corrected chi connectivity index (χ4v) is 4.75. The van der Waals surface area contributed by atoms with E-state index < -0.39 is 12.2 Å². The number of rotatable bonds is 7. The van der Waals surface area contributed by atoms with Crippen molar-refractivity contribution in [2.75, 3.05) is 11.9 Å². The number of hydrogen-bond donors (Lipinski definition) is 2. The number of carbonyl (C=O) groups excluding carboxylic acids is 2. The molecule has 2 aromatic carbocycles. The van der Waals surface area contributed by atoms with E-state index in [1.807, 2.05) is 50.2 Å². The number of ether oxygens (including phenoxy) is 2. The second-order valence-corrected chi connectivity index (χ2v) is 9.54. The van der Waals surface area contributed by atoms with Gasteiger partial charge < -0.3 is 19.4 Å². The maximum absolute atomic E-state index is 12.2. The number of aromatic nitrogens is 1. The number of carbonyl (C=O) groups is 2. The third-order valence-electron chi connectivity index (χ3n) is 7.04. The number of nitriles is 1. The lowest BCUT2D eigenvalue weighted by Crippen LogP contribution is -2.26. The van der Waals surface area contributed by atoms with Gasteiger partial charge in [-0.1, -0.05) is 12.1 Å². The third-order valence-corrected chi connectivity index (χ3v) is 7.04. The summed E-state index contributed by atoms with van der Waals surface area (Å²) in [5.74, 6) is 0.906. The second kappa shape index (κ2) is 9.94. The normalized spacial score (nSPS) is 16.0. The zero-order valence-corrected chi connectivity index (χ0v) is 20.5. The molecule has 2 fully saturated rings. The van der Waals surface area contributed by atoms with Crippen molar-refractivity contribution in [1.82, 2.24) is 9.88 Å². The molecule has 0 bridgehead atoms. The first-order chi connectivity index (χ1) is 17.5. The molecule has 1 aromatic heterocycles. The fourth-order valence-electron chi connectivity index (χ4n) is 4.75. The van der Waals surface area contributed by atoms with Crippen LogP contribution in [0.1, 0.15) is 57.6 Å². The van der Waals surface area contributed by atoms with Gasteiger partial charge in [-0.25, -0.2) is 9.59 Å². The molecule has 1 heterocycles. The molecule has 0 saturated heterocycles. The van der Waals surface area contributed by atoms with Gasteiger partial charge in [-0.2, -0.15) is 5.26 Å². The van der Waals surface area contributed by atoms with E-state index in [1.165, 1.54) is 0 Å². The van der Waals surface area contributed by atoms with Crippen molar-refractivity contribution in [3.8, 4) is 23.1 Å². The van der Waals surface area contributed by atoms with E-state index in [0.717, 1.165) is 54.3 Å². The van der Waals surface area contributed by atoms with Crippen molar-refractivity contribution in [2.45, 2.75) is 58.1 Å². The Hall–Kier alpha value is -3.99. The van der Waals surface area contributed by atoms with Crippen LogP contribution in [0, 0.1) is 17.2 Å². The largest absolute Gasteiger partial charge is 0.446 e. The Morgan fingerprint density at radius 3 is 2.47 bits per heavy atom. The highest BCUT2D eigenvalue weighted by molar-refractivity contribution is 5.96. The molecule has 0 radical (unpaired) electrons. The molecule has 8 heteroatoms. The Kier molecular flexibility index (Phi) is 6.55. The van der Waals surface area contributed by atoms with Crippen LogP contribution in [0.25, 0.3) is 22.2 Å². The molecule has 1 atom stereocenters. The smallest absolute Gasteiger partial charge is 0.412 e. The second-order valence-electron chi connectivity index (χ2n) is 9.54. The van der Waals surface area contributed by atoms with E-state index in [1.54, 1.807) is 6.07 Å². The van der Waals surface area contributed by atoms with E-state index in [2.05, 4.69) is 21.3 Å². The Morgan fingerprint density at radius 1 is 1.11 bits per heavy atom. The summed E-state index contributed by atoms with van der Waals surface area (Å²) in [7, 11) is 0. The van der Waals surface area contributed by atoms with Crippen molar-refractivity contribution in [3.05, 3.63) is 48.0 Å². The van der Waals surface area contributed by atoms with Crippen LogP contribution >= 0.6 is 0 Å². The van der Waals surface area contributed by atoms with E-state index in [0.29, 0.717) is 29.5 Å². The van der Waals surface area contributed by atoms with Crippen LogP contribution in [0.15, 0.2) is 42.5 Å². The minimum atomic E-state index is -0.507. The van der Waals surface area contributed by atoms with Crippen LogP contribution in [0.4, 0.5) is 15.3 Å². The standard InChI is InChI=1S/C28H30N4O4/c1-3-30-27(33)36-22-13-14-23-24(16-29)26(32(25(23)15-22)21-5-4-6-21)19-9-11-20(12-10-19)31-28(34)35-17(2)18-7-8-18/h9-15,17-18,21H,3-8H2,1-2H3,(H,30,33)(H,31,34)/t17-/m1/s1. The SMILES string of the molecule is CCNC(=O)Oc1ccc2c(C#N)c(-c3ccc(NC(=O)O[C@H](C)C4CC4)cc3)n(C3CCC3)c2c1. The summed E-state index contributed by atoms with van der Waals surface area (Å²) in [5.41, 5.74) is 3.80. The topological polar surface area (TPSA) is 105 Å². The summed E-state index contributed by atoms with van der Waals surface area (Å²) in [4.78, 5) is 24.2. The Balaban J connectivity index is 1.47. The lowest BCUT2D eigenvalue weighted by atomic mass is 9.92. The highest BCUT2D eigenvalue weighted by atomic mass is 16.6. The molecule has 186 valence electrons. The molecule has 36 heavy (non-hydrogen) atoms. The van der Waals surface area contributed by atoms with E-state index >= 15 is 0 Å². The average Bonchev–Trinajstić information content (AvgIpc) is 3.63. The molecule has 0 aliphatic heterocycles. The van der Waals surface area contributed by atoms with Gasteiger partial charge in [-0.15, -0.1) is 0 Å². The van der Waals surface area contributed by atoms with Gasteiger partial charge in [-0.3, -0.25) is 5.32 Å². The molecular formula is C28H30N4O4. The number of nitrogens with zero attached hydrogens (tertiary/aromatic N) is 2. The molecule has 2 N–H and O–H groups in total. The van der Waals surface area contributed by atoms with E-state index in [9.17, 15) is 14.9 Å². The maximum atomic E-state index is 12.2. The highest BCUT2D eigenvalue weighted by Gasteiger charge is 2.31. The van der Waals surface area contributed by atoms with Crippen LogP contribution in [-0.4, -0.2) is 29.4 Å². The summed E-state index contributed by atoms with van der Waals surface area (Å²) in [6, 6.07) is 15.5. The van der Waals surface area contributed by atoms with Crippen LogP contribution in [0.2, 0.25) is 0 Å². The first-order valence-corrected chi connectivity index (χ1v) is 12.6. The van der Waals surface area contributed by atoms with Crippen molar-refractivity contribution >= 4 is 28.8 Å². The third kappa shape index (κ3) is 4.74. The predicted molar refractivity (Wildman–Crippen MR) is 137 cm³/mol. The van der Waals surface area contributed by atoms with Crippen LogP contribution < -0.4 is 15.4 Å². The number of nitrogens with one attached hydrogen (secondary N) is 2. The maximum Gasteiger partial charge on any atom is 0.412 e. The van der Waals surface area contributed by atoms with Crippen molar-refractivity contribution < 1.29 is 19.1 Å². The van der Waals surface area contributed by atoms with Gasteiger partial charge >= 0.3 is 12.2 Å². The number of anilines is 1. The van der Waals surface area contributed by atoms with Gasteiger partial charge in [0.15, 0.2) is 0 Å². The monoisotopic (exact) mass is 486 g/mol. The Labute approximate surface area is 210 Å². The number of benzene rings is 2.